The van der Waals surface area contributed by atoms with Gasteiger partial charge in [0.05, 0.1) is 30.0 Å². The standard InChI is InChI=1S/C23H28N4O5/c1-4-31-22(29)17-7-10-20(24-15-17)26-11-6-12-27(14-13-26)21(28)19-9-8-18(16(3)25-19)23(30)32-5-2/h7-10,15H,4-6,11-14H2,1-3H3. The SMILES string of the molecule is CCOC(=O)c1ccc(N2CCCN(C(=O)c3ccc(C(=O)OCC)c(C)n3)CC2)nc1. The van der Waals surface area contributed by atoms with Gasteiger partial charge in [-0.2, -0.15) is 0 Å². The van der Waals surface area contributed by atoms with E-state index in [1.165, 1.54) is 6.20 Å². The lowest BCUT2D eigenvalue weighted by Crippen LogP contribution is -2.36. The van der Waals surface area contributed by atoms with E-state index < -0.39 is 11.9 Å². The Hall–Kier alpha value is -3.49. The Morgan fingerprint density at radius 3 is 2.34 bits per heavy atom. The molecule has 3 rings (SSSR count). The number of nitrogens with zero attached hydrogens (tertiary/aromatic N) is 4. The molecule has 2 aromatic heterocycles. The Morgan fingerprint density at radius 2 is 1.69 bits per heavy atom. The summed E-state index contributed by atoms with van der Waals surface area (Å²) < 4.78 is 10.0. The third-order valence-corrected chi connectivity index (χ3v) is 5.17. The van der Waals surface area contributed by atoms with Gasteiger partial charge in [-0.05, 0) is 51.5 Å². The predicted octanol–water partition coefficient (Wildman–Crippen LogP) is 2.49. The Kier molecular flexibility index (Phi) is 7.75. The van der Waals surface area contributed by atoms with Gasteiger partial charge in [-0.1, -0.05) is 0 Å². The van der Waals surface area contributed by atoms with Crippen molar-refractivity contribution in [1.82, 2.24) is 14.9 Å². The van der Waals surface area contributed by atoms with Gasteiger partial charge in [-0.15, -0.1) is 0 Å². The Bertz CT molecular complexity index is 977. The number of rotatable bonds is 6. The normalized spacial score (nSPS) is 14.0. The number of ether oxygens (including phenoxy) is 2. The van der Waals surface area contributed by atoms with Crippen LogP contribution < -0.4 is 4.90 Å². The molecule has 0 aromatic carbocycles. The molecule has 2 aromatic rings. The highest BCUT2D eigenvalue weighted by atomic mass is 16.5. The second kappa shape index (κ2) is 10.7. The van der Waals surface area contributed by atoms with Crippen LogP contribution in [0, 0.1) is 6.92 Å². The molecular weight excluding hydrogens is 412 g/mol. The predicted molar refractivity (Wildman–Crippen MR) is 118 cm³/mol. The van der Waals surface area contributed by atoms with E-state index >= 15 is 0 Å². The molecule has 0 radical (unpaired) electrons. The smallest absolute Gasteiger partial charge is 0.339 e. The molecule has 3 heterocycles. The van der Waals surface area contributed by atoms with E-state index in [1.807, 2.05) is 0 Å². The zero-order chi connectivity index (χ0) is 23.1. The summed E-state index contributed by atoms with van der Waals surface area (Å²) in [7, 11) is 0. The van der Waals surface area contributed by atoms with Crippen molar-refractivity contribution < 1.29 is 23.9 Å². The third-order valence-electron chi connectivity index (χ3n) is 5.17. The van der Waals surface area contributed by atoms with E-state index in [-0.39, 0.29) is 12.5 Å². The van der Waals surface area contributed by atoms with Crippen molar-refractivity contribution in [2.24, 2.45) is 0 Å². The number of carbonyl (C=O) groups is 3. The molecule has 0 bridgehead atoms. The molecule has 32 heavy (non-hydrogen) atoms. The number of hydrogen-bond acceptors (Lipinski definition) is 8. The summed E-state index contributed by atoms with van der Waals surface area (Å²) in [5.41, 5.74) is 1.55. The zero-order valence-corrected chi connectivity index (χ0v) is 18.7. The van der Waals surface area contributed by atoms with Gasteiger partial charge in [0.2, 0.25) is 0 Å². The molecule has 0 spiro atoms. The van der Waals surface area contributed by atoms with Crippen molar-refractivity contribution >= 4 is 23.7 Å². The minimum absolute atomic E-state index is 0.170. The second-order valence-electron chi connectivity index (χ2n) is 7.31. The van der Waals surface area contributed by atoms with E-state index in [4.69, 9.17) is 9.47 Å². The average Bonchev–Trinajstić information content (AvgIpc) is 3.05. The fourth-order valence-electron chi connectivity index (χ4n) is 3.52. The lowest BCUT2D eigenvalue weighted by atomic mass is 10.1. The highest BCUT2D eigenvalue weighted by Gasteiger charge is 2.23. The van der Waals surface area contributed by atoms with Crippen LogP contribution in [0.3, 0.4) is 0 Å². The van der Waals surface area contributed by atoms with Gasteiger partial charge < -0.3 is 19.3 Å². The molecule has 170 valence electrons. The topological polar surface area (TPSA) is 102 Å². The van der Waals surface area contributed by atoms with Crippen molar-refractivity contribution in [3.63, 3.8) is 0 Å². The molecule has 1 saturated heterocycles. The molecule has 1 fully saturated rings. The van der Waals surface area contributed by atoms with Crippen LogP contribution in [0.25, 0.3) is 0 Å². The third kappa shape index (κ3) is 5.40. The van der Waals surface area contributed by atoms with Crippen LogP contribution >= 0.6 is 0 Å². The fraction of sp³-hybridized carbons (Fsp3) is 0.435. The van der Waals surface area contributed by atoms with Gasteiger partial charge in [0.1, 0.15) is 11.5 Å². The Labute approximate surface area is 187 Å². The lowest BCUT2D eigenvalue weighted by molar-refractivity contribution is 0.0515. The minimum atomic E-state index is -0.441. The van der Waals surface area contributed by atoms with Crippen LogP contribution in [-0.2, 0) is 9.47 Å². The molecule has 1 aliphatic rings. The average molecular weight is 441 g/mol. The number of carbonyl (C=O) groups excluding carboxylic acids is 3. The Balaban J connectivity index is 1.65. The molecule has 1 amide bonds. The van der Waals surface area contributed by atoms with Crippen molar-refractivity contribution in [2.75, 3.05) is 44.3 Å². The molecule has 0 aliphatic carbocycles. The summed E-state index contributed by atoms with van der Waals surface area (Å²) >= 11 is 0. The first-order valence-electron chi connectivity index (χ1n) is 10.8. The maximum atomic E-state index is 13.0. The summed E-state index contributed by atoms with van der Waals surface area (Å²) in [6.45, 7) is 8.25. The van der Waals surface area contributed by atoms with Gasteiger partial charge in [-0.25, -0.2) is 19.6 Å². The number of anilines is 1. The minimum Gasteiger partial charge on any atom is -0.462 e. The first-order chi connectivity index (χ1) is 15.4. The van der Waals surface area contributed by atoms with Crippen LogP contribution in [0.5, 0.6) is 0 Å². The number of pyridine rings is 2. The van der Waals surface area contributed by atoms with Crippen molar-refractivity contribution in [2.45, 2.75) is 27.2 Å². The van der Waals surface area contributed by atoms with Crippen LogP contribution in [0.1, 0.15) is 57.2 Å². The number of hydrogen-bond donors (Lipinski definition) is 0. The van der Waals surface area contributed by atoms with Gasteiger partial charge in [0.15, 0.2) is 0 Å². The van der Waals surface area contributed by atoms with Gasteiger partial charge >= 0.3 is 11.9 Å². The van der Waals surface area contributed by atoms with E-state index in [1.54, 1.807) is 49.9 Å². The summed E-state index contributed by atoms with van der Waals surface area (Å²) in [5.74, 6) is -0.254. The number of esters is 2. The summed E-state index contributed by atoms with van der Waals surface area (Å²) in [6, 6.07) is 6.65. The quantitative estimate of drug-likeness (QED) is 0.632. The molecular formula is C23H28N4O5. The van der Waals surface area contributed by atoms with Gasteiger partial charge in [0.25, 0.3) is 5.91 Å². The first-order valence-corrected chi connectivity index (χ1v) is 10.8. The monoisotopic (exact) mass is 440 g/mol. The highest BCUT2D eigenvalue weighted by molar-refractivity contribution is 5.95. The van der Waals surface area contributed by atoms with E-state index in [0.29, 0.717) is 48.8 Å². The Morgan fingerprint density at radius 1 is 0.938 bits per heavy atom. The molecule has 0 atom stereocenters. The maximum absolute atomic E-state index is 13.0. The number of aryl methyl sites for hydroxylation is 1. The second-order valence-corrected chi connectivity index (χ2v) is 7.31. The lowest BCUT2D eigenvalue weighted by Gasteiger charge is -2.23. The molecule has 9 nitrogen and oxygen atoms in total. The molecule has 0 N–H and O–H groups in total. The van der Waals surface area contributed by atoms with Crippen LogP contribution in [0.4, 0.5) is 5.82 Å². The van der Waals surface area contributed by atoms with Crippen LogP contribution in [-0.4, -0.2) is 72.1 Å². The van der Waals surface area contributed by atoms with Crippen molar-refractivity contribution in [3.05, 3.63) is 53.0 Å². The van der Waals surface area contributed by atoms with E-state index in [0.717, 1.165) is 18.8 Å². The molecule has 9 heteroatoms. The highest BCUT2D eigenvalue weighted by Crippen LogP contribution is 2.17. The summed E-state index contributed by atoms with van der Waals surface area (Å²) in [6.07, 6.45) is 2.28. The van der Waals surface area contributed by atoms with Gasteiger partial charge in [0, 0.05) is 32.4 Å². The largest absolute Gasteiger partial charge is 0.462 e. The molecule has 1 aliphatic heterocycles. The van der Waals surface area contributed by atoms with Crippen LogP contribution in [0.2, 0.25) is 0 Å². The van der Waals surface area contributed by atoms with Crippen LogP contribution in [0.15, 0.2) is 30.5 Å². The van der Waals surface area contributed by atoms with Crippen molar-refractivity contribution in [3.8, 4) is 0 Å². The fourth-order valence-corrected chi connectivity index (χ4v) is 3.52. The first kappa shape index (κ1) is 23.2. The van der Waals surface area contributed by atoms with E-state index in [9.17, 15) is 14.4 Å². The van der Waals surface area contributed by atoms with Crippen molar-refractivity contribution in [1.29, 1.82) is 0 Å². The van der Waals surface area contributed by atoms with E-state index in [2.05, 4.69) is 14.9 Å². The van der Waals surface area contributed by atoms with Gasteiger partial charge in [-0.3, -0.25) is 4.79 Å². The summed E-state index contributed by atoms with van der Waals surface area (Å²) in [4.78, 5) is 49.3. The molecule has 0 unspecified atom stereocenters. The number of amides is 1. The molecule has 0 saturated carbocycles. The maximum Gasteiger partial charge on any atom is 0.339 e. The zero-order valence-electron chi connectivity index (χ0n) is 18.7. The summed E-state index contributed by atoms with van der Waals surface area (Å²) in [5, 5.41) is 0. The number of aromatic nitrogens is 2.